The molecule has 1 atom stereocenters. The fraction of sp³-hybridized carbons (Fsp3) is 0.261. The largest absolute Gasteiger partial charge is 0.508 e. The molecule has 0 aromatic heterocycles. The number of aromatic hydroxyl groups is 1. The molecule has 1 unspecified atom stereocenters. The first-order chi connectivity index (χ1) is 12.2. The molecule has 0 aliphatic heterocycles. The van der Waals surface area contributed by atoms with Crippen molar-refractivity contribution in [1.82, 2.24) is 0 Å². The van der Waals surface area contributed by atoms with E-state index in [1.807, 2.05) is 42.5 Å². The Kier molecular flexibility index (Phi) is 15.7. The summed E-state index contributed by atoms with van der Waals surface area (Å²) >= 11 is 2.08. The molecule has 1 aliphatic rings. The van der Waals surface area contributed by atoms with Gasteiger partial charge in [0.2, 0.25) is 0 Å². The van der Waals surface area contributed by atoms with Crippen LogP contribution in [0.5, 0.6) is 5.75 Å². The van der Waals surface area contributed by atoms with E-state index in [0.29, 0.717) is 11.7 Å². The first kappa shape index (κ1) is 29.3. The molecule has 0 spiro atoms. The number of phenols is 1. The van der Waals surface area contributed by atoms with Crippen molar-refractivity contribution in [2.24, 2.45) is 5.92 Å². The van der Waals surface area contributed by atoms with Gasteiger partial charge >= 0.3 is 37.6 Å². The molecule has 1 nitrogen and oxygen atoms in total. The van der Waals surface area contributed by atoms with Crippen LogP contribution in [0, 0.1) is 12.0 Å². The Labute approximate surface area is 197 Å². The van der Waals surface area contributed by atoms with E-state index in [0.717, 1.165) is 16.3 Å². The van der Waals surface area contributed by atoms with Gasteiger partial charge in [-0.3, -0.25) is 6.08 Å². The maximum atomic E-state index is 9.27. The number of hydrogen-bond donors (Lipinski definition) is 1. The number of benzene rings is 2. The van der Waals surface area contributed by atoms with Crippen LogP contribution in [0.1, 0.15) is 34.6 Å². The van der Waals surface area contributed by atoms with Gasteiger partial charge in [-0.25, -0.2) is 10.8 Å². The van der Waals surface area contributed by atoms with Crippen LogP contribution in [0.2, 0.25) is 0 Å². The maximum absolute atomic E-state index is 9.27. The predicted molar refractivity (Wildman–Crippen MR) is 124 cm³/mol. The third-order valence-electron chi connectivity index (χ3n) is 3.93. The number of allylic oxidation sites excluding steroid dienone is 4. The Morgan fingerprint density at radius 2 is 1.46 bits per heavy atom. The second-order valence-electron chi connectivity index (χ2n) is 6.47. The minimum atomic E-state index is 0. The van der Waals surface area contributed by atoms with Gasteiger partial charge in [0, 0.05) is 10.2 Å². The zero-order chi connectivity index (χ0) is 19.7. The molecule has 5 heteroatoms. The van der Waals surface area contributed by atoms with E-state index in [9.17, 15) is 5.11 Å². The summed E-state index contributed by atoms with van der Waals surface area (Å²) in [6.45, 7) is 10.6. The van der Waals surface area contributed by atoms with Crippen LogP contribution < -0.4 is 0 Å². The average Bonchev–Trinajstić information content (AvgIpc) is 2.82. The van der Waals surface area contributed by atoms with Crippen LogP contribution in [-0.2, 0) is 20.0 Å². The third-order valence-corrected chi connectivity index (χ3v) is 4.45. The summed E-state index contributed by atoms with van der Waals surface area (Å²) < 4.78 is 1.42. The fourth-order valence-electron chi connectivity index (χ4n) is 2.27. The summed E-state index contributed by atoms with van der Waals surface area (Å²) in [7, 11) is 3.48. The van der Waals surface area contributed by atoms with Crippen LogP contribution in [0.4, 0.5) is 0 Å². The predicted octanol–water partition coefficient (Wildman–Crippen LogP) is 6.48. The zero-order valence-electron chi connectivity index (χ0n) is 17.0. The van der Waals surface area contributed by atoms with Gasteiger partial charge in [-0.1, -0.05) is 62.2 Å². The molecule has 0 bridgehead atoms. The molecule has 0 saturated heterocycles. The van der Waals surface area contributed by atoms with Crippen molar-refractivity contribution in [1.29, 1.82) is 0 Å². The molecule has 0 amide bonds. The molecule has 2 aromatic rings. The number of hydrogen-bond acceptors (Lipinski definition) is 1. The second kappa shape index (κ2) is 15.0. The first-order valence-electron chi connectivity index (χ1n) is 8.61. The van der Waals surface area contributed by atoms with E-state index in [1.165, 1.54) is 15.0 Å². The number of rotatable bonds is 1. The topological polar surface area (TPSA) is 20.2 Å². The van der Waals surface area contributed by atoms with E-state index in [1.54, 1.807) is 12.1 Å². The molecule has 148 valence electrons. The molecule has 1 aliphatic carbocycles. The van der Waals surface area contributed by atoms with E-state index in [-0.39, 0.29) is 24.8 Å². The Hall–Kier alpha value is -0.899. The molecule has 2 aromatic carbocycles. The van der Waals surface area contributed by atoms with Crippen molar-refractivity contribution >= 4 is 38.9 Å². The summed E-state index contributed by atoms with van der Waals surface area (Å²) in [5.41, 5.74) is 4.94. The maximum Gasteiger partial charge on any atom is 0.116 e. The van der Waals surface area contributed by atoms with Crippen LogP contribution >= 0.6 is 24.8 Å². The normalized spacial score (nSPS) is 14.3. The third kappa shape index (κ3) is 10.6. The average molecular weight is 467 g/mol. The Bertz CT molecular complexity index is 797. The van der Waals surface area contributed by atoms with Crippen LogP contribution in [0.25, 0.3) is 11.1 Å². The Morgan fingerprint density at radius 3 is 1.82 bits per heavy atom. The van der Waals surface area contributed by atoms with Crippen LogP contribution in [-0.4, -0.2) is 19.2 Å². The van der Waals surface area contributed by atoms with Gasteiger partial charge < -0.3 is 5.11 Å². The standard InChI is InChI=1S/C12H10O.C8H10Si.C3H6.2ClH.Ti/c13-12-8-4-7-11(9-12)10-5-2-1-3-6-10;1-5-4-8(9)7(3)6(5)2;1-3-2;;;/h1-9,13H;5H,1-3H3;1-2H3;2*1H;/q;-1;;;;+1. The minimum Gasteiger partial charge on any atom is -0.508 e. The van der Waals surface area contributed by atoms with Crippen molar-refractivity contribution < 1.29 is 25.1 Å². The summed E-state index contributed by atoms with van der Waals surface area (Å²) in [5, 5.41) is 10.4. The van der Waals surface area contributed by atoms with E-state index in [2.05, 4.69) is 70.9 Å². The van der Waals surface area contributed by atoms with Gasteiger partial charge in [0.25, 0.3) is 0 Å². The quantitative estimate of drug-likeness (QED) is 0.376. The summed E-state index contributed by atoms with van der Waals surface area (Å²) in [5.74, 6) is 0.818. The minimum absolute atomic E-state index is 0. The van der Waals surface area contributed by atoms with E-state index in [4.69, 9.17) is 0 Å². The molecule has 3 radical (unpaired) electrons. The molecule has 3 rings (SSSR count). The van der Waals surface area contributed by atoms with E-state index < -0.39 is 0 Å². The number of halogens is 2. The molecule has 0 heterocycles. The van der Waals surface area contributed by atoms with Crippen LogP contribution in [0.3, 0.4) is 0 Å². The summed E-state index contributed by atoms with van der Waals surface area (Å²) in [6.07, 6.45) is 3.27. The molecular formula is C23H28Cl2OSiTi. The van der Waals surface area contributed by atoms with Crippen molar-refractivity contribution in [3.05, 3.63) is 77.0 Å². The van der Waals surface area contributed by atoms with Crippen molar-refractivity contribution in [3.63, 3.8) is 0 Å². The summed E-state index contributed by atoms with van der Waals surface area (Å²) in [6, 6.07) is 17.3. The van der Waals surface area contributed by atoms with Crippen molar-refractivity contribution in [2.75, 3.05) is 0 Å². The zero-order valence-corrected chi connectivity index (χ0v) is 21.2. The van der Waals surface area contributed by atoms with Gasteiger partial charge in [0.1, 0.15) is 5.75 Å². The molecule has 0 fully saturated rings. The summed E-state index contributed by atoms with van der Waals surface area (Å²) in [4.78, 5) is 0. The van der Waals surface area contributed by atoms with Gasteiger partial charge in [-0.2, -0.15) is 5.57 Å². The Morgan fingerprint density at radius 1 is 0.964 bits per heavy atom. The van der Waals surface area contributed by atoms with E-state index >= 15 is 0 Å². The molecule has 0 saturated carbocycles. The van der Waals surface area contributed by atoms with Crippen LogP contribution in [0.15, 0.2) is 70.9 Å². The van der Waals surface area contributed by atoms with Gasteiger partial charge in [0.15, 0.2) is 0 Å². The van der Waals surface area contributed by atoms with Gasteiger partial charge in [-0.15, -0.1) is 31.7 Å². The van der Waals surface area contributed by atoms with Crippen molar-refractivity contribution in [2.45, 2.75) is 34.6 Å². The molecule has 28 heavy (non-hydrogen) atoms. The molecule has 1 N–H and O–H groups in total. The SMILES string of the molecule is CC1=C(C)C(C)[C-]=C1[Si].C[C](C)=[Ti+].Cl.Cl.Oc1cccc(-c2ccccc2)c1. The Balaban J connectivity index is 0. The monoisotopic (exact) mass is 466 g/mol. The van der Waals surface area contributed by atoms with Gasteiger partial charge in [-0.05, 0) is 23.3 Å². The fourth-order valence-corrected chi connectivity index (χ4v) is 2.68. The first-order valence-corrected chi connectivity index (χ1v) is 9.89. The van der Waals surface area contributed by atoms with Gasteiger partial charge in [0.05, 0.1) is 0 Å². The second-order valence-corrected chi connectivity index (χ2v) is 8.53. The number of phenolic OH excluding ortho intramolecular Hbond substituents is 1. The smallest absolute Gasteiger partial charge is 0.116 e. The van der Waals surface area contributed by atoms with Crippen molar-refractivity contribution in [3.8, 4) is 16.9 Å². The molecular weight excluding hydrogens is 439 g/mol.